The van der Waals surface area contributed by atoms with E-state index >= 15 is 0 Å². The van der Waals surface area contributed by atoms with Crippen LogP contribution in [0.3, 0.4) is 0 Å². The van der Waals surface area contributed by atoms with Gasteiger partial charge in [-0.05, 0) is 42.7 Å². The van der Waals surface area contributed by atoms with Crippen LogP contribution in [0.2, 0.25) is 0 Å². The Morgan fingerprint density at radius 3 is 2.67 bits per heavy atom. The summed E-state index contributed by atoms with van der Waals surface area (Å²) in [6.45, 7) is 2.63. The smallest absolute Gasteiger partial charge is 0.403 e. The number of hydrogen-bond donors (Lipinski definition) is 3. The number of amides is 1. The van der Waals surface area contributed by atoms with E-state index in [4.69, 9.17) is 9.47 Å². The maximum atomic E-state index is 14.5. The molecule has 2 aromatic carbocycles. The van der Waals surface area contributed by atoms with Gasteiger partial charge in [0.25, 0.3) is 5.91 Å². The number of halogens is 4. The molecule has 0 bridgehead atoms. The summed E-state index contributed by atoms with van der Waals surface area (Å²) >= 11 is 0. The molecule has 3 heterocycles. The molecule has 3 N–H and O–H groups in total. The molecule has 9 nitrogen and oxygen atoms in total. The Kier molecular flexibility index (Phi) is 8.10. The second-order valence-corrected chi connectivity index (χ2v) is 9.30. The summed E-state index contributed by atoms with van der Waals surface area (Å²) in [5.74, 6) is -2.20. The van der Waals surface area contributed by atoms with Crippen LogP contribution in [0.25, 0.3) is 10.9 Å². The molecule has 0 saturated carbocycles. The van der Waals surface area contributed by atoms with Gasteiger partial charge < -0.3 is 30.2 Å². The van der Waals surface area contributed by atoms with E-state index in [-0.39, 0.29) is 11.6 Å². The SMILES string of the molecule is O=C(N[C@@H](c1ccc(OC(F)(F)F)c(F)c1)C1CNCCO1)c1ccc2cnc(NC3CCOCC3)nc2c1. The monoisotopic (exact) mass is 549 g/mol. The number of benzene rings is 2. The normalized spacial score (nSPS) is 19.4. The van der Waals surface area contributed by atoms with Gasteiger partial charge in [-0.2, -0.15) is 0 Å². The van der Waals surface area contributed by atoms with E-state index in [1.165, 1.54) is 6.07 Å². The number of carbonyl (C=O) groups is 1. The summed E-state index contributed by atoms with van der Waals surface area (Å²) in [5, 5.41) is 10.0. The Morgan fingerprint density at radius 2 is 1.95 bits per heavy atom. The van der Waals surface area contributed by atoms with Gasteiger partial charge in [-0.15, -0.1) is 13.2 Å². The molecule has 0 radical (unpaired) electrons. The molecule has 3 aromatic rings. The van der Waals surface area contributed by atoms with Crippen molar-refractivity contribution in [3.63, 3.8) is 0 Å². The fraction of sp³-hybridized carbons (Fsp3) is 0.423. The third-order valence-corrected chi connectivity index (χ3v) is 6.55. The molecule has 0 spiro atoms. The molecule has 2 saturated heterocycles. The lowest BCUT2D eigenvalue weighted by Crippen LogP contribution is -2.47. The molecule has 2 aliphatic rings. The van der Waals surface area contributed by atoms with Crippen molar-refractivity contribution in [3.8, 4) is 5.75 Å². The molecule has 5 rings (SSSR count). The summed E-state index contributed by atoms with van der Waals surface area (Å²) in [6, 6.07) is 7.37. The van der Waals surface area contributed by atoms with Crippen molar-refractivity contribution in [1.29, 1.82) is 0 Å². The van der Waals surface area contributed by atoms with Crippen LogP contribution in [-0.4, -0.2) is 67.3 Å². The lowest BCUT2D eigenvalue weighted by molar-refractivity contribution is -0.275. The Morgan fingerprint density at radius 1 is 1.13 bits per heavy atom. The van der Waals surface area contributed by atoms with Gasteiger partial charge in [0, 0.05) is 49.5 Å². The summed E-state index contributed by atoms with van der Waals surface area (Å²) in [6.07, 6.45) is -2.27. The van der Waals surface area contributed by atoms with E-state index in [0.717, 1.165) is 30.4 Å². The standard InChI is InChI=1S/C26H27F4N5O4/c27-19-11-15(3-4-21(19)39-26(28,29)30)23(22-14-31-7-10-38-22)35-24(36)16-1-2-17-13-32-25(34-20(17)12-16)33-18-5-8-37-9-6-18/h1-4,11-13,18,22-23,31H,5-10,14H2,(H,35,36)(H,32,33,34)/t22?,23-/m0/s1. The van der Waals surface area contributed by atoms with E-state index in [0.29, 0.717) is 49.9 Å². The Balaban J connectivity index is 1.37. The highest BCUT2D eigenvalue weighted by Gasteiger charge is 2.33. The number of rotatable bonds is 7. The van der Waals surface area contributed by atoms with Crippen LogP contribution in [0.15, 0.2) is 42.6 Å². The lowest BCUT2D eigenvalue weighted by atomic mass is 9.99. The first kappa shape index (κ1) is 27.0. The molecule has 2 aliphatic heterocycles. The fourth-order valence-electron chi connectivity index (χ4n) is 4.59. The van der Waals surface area contributed by atoms with Crippen LogP contribution in [0, 0.1) is 5.82 Å². The molecule has 208 valence electrons. The third kappa shape index (κ3) is 6.91. The molecular weight excluding hydrogens is 522 g/mol. The first-order chi connectivity index (χ1) is 18.7. The minimum absolute atomic E-state index is 0.195. The molecule has 1 aromatic heterocycles. The highest BCUT2D eigenvalue weighted by atomic mass is 19.4. The minimum atomic E-state index is -5.04. The second kappa shape index (κ2) is 11.7. The summed E-state index contributed by atoms with van der Waals surface area (Å²) in [5.41, 5.74) is 1.08. The zero-order valence-corrected chi connectivity index (χ0v) is 20.8. The number of morpholine rings is 1. The highest BCUT2D eigenvalue weighted by molar-refractivity contribution is 5.98. The van der Waals surface area contributed by atoms with Gasteiger partial charge in [-0.25, -0.2) is 14.4 Å². The van der Waals surface area contributed by atoms with Crippen LogP contribution in [-0.2, 0) is 9.47 Å². The van der Waals surface area contributed by atoms with E-state index < -0.39 is 36.0 Å². The second-order valence-electron chi connectivity index (χ2n) is 9.30. The molecule has 2 fully saturated rings. The third-order valence-electron chi connectivity index (χ3n) is 6.55. The van der Waals surface area contributed by atoms with E-state index in [1.807, 2.05) is 0 Å². The number of carbonyl (C=O) groups excluding carboxylic acids is 1. The van der Waals surface area contributed by atoms with Crippen molar-refractivity contribution in [2.24, 2.45) is 0 Å². The van der Waals surface area contributed by atoms with Crippen LogP contribution < -0.4 is 20.7 Å². The van der Waals surface area contributed by atoms with Gasteiger partial charge in [0.2, 0.25) is 5.95 Å². The van der Waals surface area contributed by atoms with Crippen LogP contribution in [0.1, 0.15) is 34.8 Å². The van der Waals surface area contributed by atoms with E-state index in [9.17, 15) is 22.4 Å². The fourth-order valence-corrected chi connectivity index (χ4v) is 4.59. The maximum Gasteiger partial charge on any atom is 0.573 e. The van der Waals surface area contributed by atoms with Gasteiger partial charge in [-0.1, -0.05) is 12.1 Å². The van der Waals surface area contributed by atoms with Gasteiger partial charge in [0.05, 0.1) is 24.3 Å². The molecule has 2 atom stereocenters. The first-order valence-corrected chi connectivity index (χ1v) is 12.5. The summed E-state index contributed by atoms with van der Waals surface area (Å²) in [4.78, 5) is 22.2. The number of nitrogens with one attached hydrogen (secondary N) is 3. The summed E-state index contributed by atoms with van der Waals surface area (Å²) in [7, 11) is 0. The van der Waals surface area contributed by atoms with Gasteiger partial charge >= 0.3 is 6.36 Å². The zero-order chi connectivity index (χ0) is 27.4. The van der Waals surface area contributed by atoms with Gasteiger partial charge in [-0.3, -0.25) is 4.79 Å². The first-order valence-electron chi connectivity index (χ1n) is 12.5. The number of alkyl halides is 3. The molecule has 13 heteroatoms. The van der Waals surface area contributed by atoms with Crippen molar-refractivity contribution in [2.75, 3.05) is 38.2 Å². The molecule has 0 aliphatic carbocycles. The van der Waals surface area contributed by atoms with Crippen molar-refractivity contribution in [1.82, 2.24) is 20.6 Å². The lowest BCUT2D eigenvalue weighted by Gasteiger charge is -2.32. The molecule has 39 heavy (non-hydrogen) atoms. The Bertz CT molecular complexity index is 1310. The predicted molar refractivity (Wildman–Crippen MR) is 133 cm³/mol. The van der Waals surface area contributed by atoms with Crippen molar-refractivity contribution in [2.45, 2.75) is 37.4 Å². The summed E-state index contributed by atoms with van der Waals surface area (Å²) < 4.78 is 67.2. The average Bonchev–Trinajstić information content (AvgIpc) is 2.93. The number of hydrogen-bond acceptors (Lipinski definition) is 8. The zero-order valence-electron chi connectivity index (χ0n) is 20.8. The number of fused-ring (bicyclic) bond motifs is 1. The topological polar surface area (TPSA) is 107 Å². The number of aromatic nitrogens is 2. The van der Waals surface area contributed by atoms with Crippen LogP contribution in [0.4, 0.5) is 23.5 Å². The average molecular weight is 550 g/mol. The van der Waals surface area contributed by atoms with Crippen molar-refractivity contribution in [3.05, 3.63) is 59.5 Å². The number of anilines is 1. The molecule has 1 amide bonds. The van der Waals surface area contributed by atoms with Crippen LogP contribution in [0.5, 0.6) is 5.75 Å². The number of ether oxygens (including phenoxy) is 3. The van der Waals surface area contributed by atoms with Gasteiger partial charge in [0.1, 0.15) is 0 Å². The van der Waals surface area contributed by atoms with Crippen molar-refractivity contribution >= 4 is 22.8 Å². The van der Waals surface area contributed by atoms with Crippen LogP contribution >= 0.6 is 0 Å². The minimum Gasteiger partial charge on any atom is -0.403 e. The quantitative estimate of drug-likeness (QED) is 0.383. The molecular formula is C26H27F4N5O4. The van der Waals surface area contributed by atoms with E-state index in [2.05, 4.69) is 30.7 Å². The predicted octanol–water partition coefficient (Wildman–Crippen LogP) is 3.72. The van der Waals surface area contributed by atoms with Crippen molar-refractivity contribution < 1.29 is 36.6 Å². The Hall–Kier alpha value is -3.55. The van der Waals surface area contributed by atoms with Gasteiger partial charge in [0.15, 0.2) is 11.6 Å². The molecule has 1 unspecified atom stereocenters. The number of nitrogens with zero attached hydrogens (tertiary/aromatic N) is 2. The Labute approximate surface area is 221 Å². The van der Waals surface area contributed by atoms with E-state index in [1.54, 1.807) is 24.4 Å². The maximum absolute atomic E-state index is 14.5. The highest BCUT2D eigenvalue weighted by Crippen LogP contribution is 2.30. The largest absolute Gasteiger partial charge is 0.573 e.